The van der Waals surface area contributed by atoms with Crippen molar-refractivity contribution in [2.24, 2.45) is 0 Å². The van der Waals surface area contributed by atoms with Crippen molar-refractivity contribution in [1.82, 2.24) is 4.98 Å². The van der Waals surface area contributed by atoms with Crippen LogP contribution >= 0.6 is 0 Å². The van der Waals surface area contributed by atoms with Crippen LogP contribution in [-0.4, -0.2) is 16.1 Å². The summed E-state index contributed by atoms with van der Waals surface area (Å²) in [5.74, 6) is -0.420. The SMILES string of the molecule is Cc1cc(-c2cc3ccccc3o2)c(C(=O)O)[nH]1. The van der Waals surface area contributed by atoms with Crippen molar-refractivity contribution in [3.8, 4) is 11.3 Å². The van der Waals surface area contributed by atoms with Gasteiger partial charge in [0.05, 0.1) is 0 Å². The average molecular weight is 241 g/mol. The van der Waals surface area contributed by atoms with Gasteiger partial charge in [-0.25, -0.2) is 4.79 Å². The van der Waals surface area contributed by atoms with Crippen molar-refractivity contribution in [3.05, 3.63) is 47.8 Å². The Bertz CT molecular complexity index is 703. The van der Waals surface area contributed by atoms with Crippen LogP contribution in [0, 0.1) is 6.92 Å². The zero-order valence-electron chi connectivity index (χ0n) is 9.73. The normalized spacial score (nSPS) is 10.9. The van der Waals surface area contributed by atoms with Gasteiger partial charge in [-0.2, -0.15) is 0 Å². The van der Waals surface area contributed by atoms with Gasteiger partial charge in [-0.3, -0.25) is 0 Å². The largest absolute Gasteiger partial charge is 0.477 e. The molecular formula is C14H11NO3. The molecule has 0 bridgehead atoms. The van der Waals surface area contributed by atoms with E-state index in [-0.39, 0.29) is 5.69 Å². The lowest BCUT2D eigenvalue weighted by Crippen LogP contribution is -1.98. The Morgan fingerprint density at radius 2 is 2.06 bits per heavy atom. The van der Waals surface area contributed by atoms with Gasteiger partial charge in [0.2, 0.25) is 0 Å². The summed E-state index contributed by atoms with van der Waals surface area (Å²) in [6.07, 6.45) is 0. The summed E-state index contributed by atoms with van der Waals surface area (Å²) < 4.78 is 5.67. The summed E-state index contributed by atoms with van der Waals surface area (Å²) in [7, 11) is 0. The molecule has 2 N–H and O–H groups in total. The molecule has 3 aromatic rings. The number of para-hydroxylation sites is 1. The number of rotatable bonds is 2. The minimum Gasteiger partial charge on any atom is -0.477 e. The number of nitrogens with one attached hydrogen (secondary N) is 1. The summed E-state index contributed by atoms with van der Waals surface area (Å²) in [5, 5.41) is 10.1. The van der Waals surface area contributed by atoms with Crippen molar-refractivity contribution in [3.63, 3.8) is 0 Å². The molecule has 2 heterocycles. The highest BCUT2D eigenvalue weighted by molar-refractivity contribution is 5.95. The number of aryl methyl sites for hydroxylation is 1. The second-order valence-corrected chi connectivity index (χ2v) is 4.19. The fourth-order valence-corrected chi connectivity index (χ4v) is 2.07. The van der Waals surface area contributed by atoms with Gasteiger partial charge in [0.25, 0.3) is 0 Å². The average Bonchev–Trinajstić information content (AvgIpc) is 2.91. The van der Waals surface area contributed by atoms with E-state index in [2.05, 4.69) is 4.98 Å². The number of furan rings is 1. The third-order valence-corrected chi connectivity index (χ3v) is 2.86. The predicted molar refractivity (Wildman–Crippen MR) is 67.7 cm³/mol. The number of carbonyl (C=O) groups is 1. The lowest BCUT2D eigenvalue weighted by atomic mass is 10.1. The Morgan fingerprint density at radius 1 is 1.28 bits per heavy atom. The molecule has 0 aliphatic heterocycles. The van der Waals surface area contributed by atoms with Crippen LogP contribution in [0.2, 0.25) is 0 Å². The molecule has 18 heavy (non-hydrogen) atoms. The van der Waals surface area contributed by atoms with E-state index in [0.717, 1.165) is 16.7 Å². The number of hydrogen-bond donors (Lipinski definition) is 2. The maximum atomic E-state index is 11.2. The zero-order chi connectivity index (χ0) is 12.7. The van der Waals surface area contributed by atoms with Crippen LogP contribution in [0.1, 0.15) is 16.2 Å². The van der Waals surface area contributed by atoms with Crippen LogP contribution < -0.4 is 0 Å². The monoisotopic (exact) mass is 241 g/mol. The maximum absolute atomic E-state index is 11.2. The molecule has 0 saturated heterocycles. The third kappa shape index (κ3) is 1.59. The maximum Gasteiger partial charge on any atom is 0.353 e. The first-order chi connectivity index (χ1) is 8.65. The van der Waals surface area contributed by atoms with Gasteiger partial charge in [0.1, 0.15) is 17.0 Å². The molecule has 0 saturated carbocycles. The molecule has 4 heteroatoms. The molecule has 0 spiro atoms. The van der Waals surface area contributed by atoms with Crippen molar-refractivity contribution >= 4 is 16.9 Å². The molecule has 0 aliphatic carbocycles. The number of aromatic carboxylic acids is 1. The number of carboxylic acids is 1. The van der Waals surface area contributed by atoms with Gasteiger partial charge in [-0.1, -0.05) is 18.2 Å². The molecule has 0 radical (unpaired) electrons. The smallest absolute Gasteiger partial charge is 0.353 e. The summed E-state index contributed by atoms with van der Waals surface area (Å²) in [6.45, 7) is 1.82. The topological polar surface area (TPSA) is 66.2 Å². The molecule has 0 fully saturated rings. The van der Waals surface area contributed by atoms with Crippen molar-refractivity contribution in [1.29, 1.82) is 0 Å². The lowest BCUT2D eigenvalue weighted by molar-refractivity contribution is 0.0691. The predicted octanol–water partition coefficient (Wildman–Crippen LogP) is 3.43. The molecule has 0 aliphatic rings. The molecule has 0 atom stereocenters. The van der Waals surface area contributed by atoms with Gasteiger partial charge < -0.3 is 14.5 Å². The Labute approximate surface area is 103 Å². The summed E-state index contributed by atoms with van der Waals surface area (Å²) in [5.41, 5.74) is 2.29. The van der Waals surface area contributed by atoms with Crippen LogP contribution in [0.25, 0.3) is 22.3 Å². The Kier molecular flexibility index (Phi) is 2.23. The molecule has 3 rings (SSSR count). The minimum atomic E-state index is -0.987. The van der Waals surface area contributed by atoms with E-state index in [1.807, 2.05) is 37.3 Å². The van der Waals surface area contributed by atoms with E-state index in [1.165, 1.54) is 0 Å². The van der Waals surface area contributed by atoms with E-state index in [1.54, 1.807) is 6.07 Å². The van der Waals surface area contributed by atoms with Crippen molar-refractivity contribution in [2.45, 2.75) is 6.92 Å². The Balaban J connectivity index is 2.22. The minimum absolute atomic E-state index is 0.159. The fourth-order valence-electron chi connectivity index (χ4n) is 2.07. The standard InChI is InChI=1S/C14H11NO3/c1-8-6-10(13(15-8)14(16)17)12-7-9-4-2-3-5-11(9)18-12/h2-7,15H,1H3,(H,16,17). The second-order valence-electron chi connectivity index (χ2n) is 4.19. The van der Waals surface area contributed by atoms with Gasteiger partial charge in [-0.05, 0) is 25.1 Å². The van der Waals surface area contributed by atoms with E-state index >= 15 is 0 Å². The second kappa shape index (κ2) is 3.77. The summed E-state index contributed by atoms with van der Waals surface area (Å²) in [6, 6.07) is 11.2. The van der Waals surface area contributed by atoms with Gasteiger partial charge in [0.15, 0.2) is 0 Å². The molecule has 0 unspecified atom stereocenters. The van der Waals surface area contributed by atoms with E-state index in [0.29, 0.717) is 11.3 Å². The van der Waals surface area contributed by atoms with E-state index in [9.17, 15) is 4.79 Å². The molecule has 1 aromatic carbocycles. The van der Waals surface area contributed by atoms with Gasteiger partial charge in [-0.15, -0.1) is 0 Å². The molecular weight excluding hydrogens is 230 g/mol. The first kappa shape index (κ1) is 10.7. The van der Waals surface area contributed by atoms with Crippen LogP contribution in [0.3, 0.4) is 0 Å². The van der Waals surface area contributed by atoms with Gasteiger partial charge >= 0.3 is 5.97 Å². The number of aromatic nitrogens is 1. The summed E-state index contributed by atoms with van der Waals surface area (Å²) in [4.78, 5) is 14.0. The van der Waals surface area contributed by atoms with Gasteiger partial charge in [0, 0.05) is 16.6 Å². The molecule has 0 amide bonds. The fraction of sp³-hybridized carbons (Fsp3) is 0.0714. The van der Waals surface area contributed by atoms with Crippen LogP contribution in [0.15, 0.2) is 40.8 Å². The van der Waals surface area contributed by atoms with E-state index in [4.69, 9.17) is 9.52 Å². The molecule has 4 nitrogen and oxygen atoms in total. The van der Waals surface area contributed by atoms with Crippen LogP contribution in [0.5, 0.6) is 0 Å². The lowest BCUT2D eigenvalue weighted by Gasteiger charge is -1.94. The number of H-pyrrole nitrogens is 1. The Hall–Kier alpha value is -2.49. The molecule has 2 aromatic heterocycles. The van der Waals surface area contributed by atoms with E-state index < -0.39 is 5.97 Å². The summed E-state index contributed by atoms with van der Waals surface area (Å²) >= 11 is 0. The van der Waals surface area contributed by atoms with Crippen LogP contribution in [0.4, 0.5) is 0 Å². The first-order valence-electron chi connectivity index (χ1n) is 5.57. The van der Waals surface area contributed by atoms with Crippen molar-refractivity contribution in [2.75, 3.05) is 0 Å². The number of aromatic amines is 1. The number of benzene rings is 1. The highest BCUT2D eigenvalue weighted by Gasteiger charge is 2.17. The third-order valence-electron chi connectivity index (χ3n) is 2.86. The Morgan fingerprint density at radius 3 is 2.78 bits per heavy atom. The zero-order valence-corrected chi connectivity index (χ0v) is 9.73. The van der Waals surface area contributed by atoms with Crippen molar-refractivity contribution < 1.29 is 14.3 Å². The number of carboxylic acid groups (broad SMARTS) is 1. The quantitative estimate of drug-likeness (QED) is 0.722. The number of fused-ring (bicyclic) bond motifs is 1. The highest BCUT2D eigenvalue weighted by atomic mass is 16.4. The van der Waals surface area contributed by atoms with Crippen LogP contribution in [-0.2, 0) is 0 Å². The number of hydrogen-bond acceptors (Lipinski definition) is 2. The molecule has 90 valence electrons. The first-order valence-corrected chi connectivity index (χ1v) is 5.57. The highest BCUT2D eigenvalue weighted by Crippen LogP contribution is 2.30.